The third kappa shape index (κ3) is 3.62. The first kappa shape index (κ1) is 17.7. The first-order valence-electron chi connectivity index (χ1n) is 7.58. The number of thiazole rings is 1. The lowest BCUT2D eigenvalue weighted by molar-refractivity contribution is 0.102. The minimum atomic E-state index is -0.411. The molecule has 0 bridgehead atoms. The van der Waals surface area contributed by atoms with Gasteiger partial charge in [0.05, 0.1) is 7.11 Å². The number of benzene rings is 1. The second-order valence-electron chi connectivity index (χ2n) is 5.47. The molecule has 9 heteroatoms. The van der Waals surface area contributed by atoms with E-state index in [4.69, 9.17) is 4.74 Å². The van der Waals surface area contributed by atoms with Gasteiger partial charge in [-0.05, 0) is 24.3 Å². The van der Waals surface area contributed by atoms with E-state index in [2.05, 4.69) is 20.3 Å². The molecule has 1 N–H and O–H groups in total. The van der Waals surface area contributed by atoms with Gasteiger partial charge in [0, 0.05) is 25.0 Å². The van der Waals surface area contributed by atoms with Crippen LogP contribution < -0.4 is 15.0 Å². The van der Waals surface area contributed by atoms with Crippen molar-refractivity contribution >= 4 is 28.7 Å². The maximum Gasteiger partial charge on any atom is 0.275 e. The lowest BCUT2D eigenvalue weighted by Gasteiger charge is -2.17. The number of hydrogen-bond acceptors (Lipinski definition) is 7. The van der Waals surface area contributed by atoms with Crippen molar-refractivity contribution in [3.05, 3.63) is 47.5 Å². The molecule has 3 aromatic rings. The van der Waals surface area contributed by atoms with Gasteiger partial charge >= 0.3 is 0 Å². The quantitative estimate of drug-likeness (QED) is 0.740. The number of halogens is 1. The van der Waals surface area contributed by atoms with E-state index in [1.807, 2.05) is 0 Å². The fraction of sp³-hybridized carbons (Fsp3) is 0.176. The molecule has 3 rings (SSSR count). The zero-order valence-corrected chi connectivity index (χ0v) is 15.2. The smallest absolute Gasteiger partial charge is 0.275 e. The Bertz CT molecular complexity index is 927. The summed E-state index contributed by atoms with van der Waals surface area (Å²) in [7, 11) is 5.06. The molecular weight excluding hydrogens is 357 g/mol. The SMILES string of the molecule is COc1ncnc(N(C)C)c1NC(=O)c1csc(-c2ccc(F)cc2)n1. The van der Waals surface area contributed by atoms with E-state index in [1.165, 1.54) is 36.9 Å². The maximum absolute atomic E-state index is 13.0. The molecule has 2 heterocycles. The van der Waals surface area contributed by atoms with Gasteiger partial charge in [0.25, 0.3) is 5.91 Å². The normalized spacial score (nSPS) is 10.5. The van der Waals surface area contributed by atoms with Crippen LogP contribution in [0.25, 0.3) is 10.6 Å². The molecule has 1 aromatic carbocycles. The van der Waals surface area contributed by atoms with Gasteiger partial charge in [-0.15, -0.1) is 11.3 Å². The zero-order valence-electron chi connectivity index (χ0n) is 14.4. The van der Waals surface area contributed by atoms with Gasteiger partial charge in [0.2, 0.25) is 5.88 Å². The number of amides is 1. The van der Waals surface area contributed by atoms with Crippen molar-refractivity contribution in [2.24, 2.45) is 0 Å². The summed E-state index contributed by atoms with van der Waals surface area (Å²) in [5.74, 6) is 0.0340. The molecule has 0 fully saturated rings. The Morgan fingerprint density at radius 1 is 1.23 bits per heavy atom. The number of ether oxygens (including phenoxy) is 1. The Morgan fingerprint density at radius 3 is 2.62 bits per heavy atom. The second kappa shape index (κ2) is 7.44. The standard InChI is InChI=1S/C17H16FN5O2S/c1-23(2)14-13(16(25-3)20-9-19-14)22-15(24)12-8-26-17(21-12)10-4-6-11(18)7-5-10/h4-9H,1-3H3,(H,22,24). The van der Waals surface area contributed by atoms with Crippen molar-refractivity contribution in [2.45, 2.75) is 0 Å². The largest absolute Gasteiger partial charge is 0.479 e. The molecule has 2 aromatic heterocycles. The molecule has 134 valence electrons. The summed E-state index contributed by atoms with van der Waals surface area (Å²) in [6.45, 7) is 0. The maximum atomic E-state index is 13.0. The van der Waals surface area contributed by atoms with Crippen LogP contribution in [-0.4, -0.2) is 42.1 Å². The topological polar surface area (TPSA) is 80.2 Å². The fourth-order valence-electron chi connectivity index (χ4n) is 2.24. The minimum absolute atomic E-state index is 0.241. The number of rotatable bonds is 5. The number of methoxy groups -OCH3 is 1. The monoisotopic (exact) mass is 373 g/mol. The molecule has 26 heavy (non-hydrogen) atoms. The molecule has 0 aliphatic heterocycles. The highest BCUT2D eigenvalue weighted by Crippen LogP contribution is 2.31. The molecule has 0 saturated carbocycles. The number of hydrogen-bond donors (Lipinski definition) is 1. The van der Waals surface area contributed by atoms with E-state index >= 15 is 0 Å². The van der Waals surface area contributed by atoms with E-state index in [-0.39, 0.29) is 17.4 Å². The lowest BCUT2D eigenvalue weighted by Crippen LogP contribution is -2.19. The van der Waals surface area contributed by atoms with Crippen LogP contribution in [0.2, 0.25) is 0 Å². The van der Waals surface area contributed by atoms with Crippen LogP contribution in [0, 0.1) is 5.82 Å². The van der Waals surface area contributed by atoms with Crippen molar-refractivity contribution in [1.29, 1.82) is 0 Å². The molecule has 0 saturated heterocycles. The predicted molar refractivity (Wildman–Crippen MR) is 98.4 cm³/mol. The number of nitrogens with zero attached hydrogens (tertiary/aromatic N) is 4. The van der Waals surface area contributed by atoms with E-state index in [0.29, 0.717) is 16.5 Å². The molecule has 1 amide bonds. The number of carbonyl (C=O) groups excluding carboxylic acids is 1. The van der Waals surface area contributed by atoms with Gasteiger partial charge < -0.3 is 15.0 Å². The molecule has 0 aliphatic carbocycles. The van der Waals surface area contributed by atoms with E-state index < -0.39 is 5.91 Å². The Hall–Kier alpha value is -3.07. The average Bonchev–Trinajstić information content (AvgIpc) is 3.12. The van der Waals surface area contributed by atoms with Gasteiger partial charge in [0.15, 0.2) is 5.82 Å². The van der Waals surface area contributed by atoms with Crippen LogP contribution in [0.15, 0.2) is 36.0 Å². The average molecular weight is 373 g/mol. The number of anilines is 2. The lowest BCUT2D eigenvalue weighted by atomic mass is 10.2. The van der Waals surface area contributed by atoms with Crippen LogP contribution in [0.1, 0.15) is 10.5 Å². The molecule has 0 aliphatic rings. The van der Waals surface area contributed by atoms with Gasteiger partial charge in [-0.2, -0.15) is 4.98 Å². The predicted octanol–water partition coefficient (Wildman–Crippen LogP) is 3.07. The molecule has 0 atom stereocenters. The van der Waals surface area contributed by atoms with Crippen molar-refractivity contribution in [2.75, 3.05) is 31.4 Å². The number of nitrogens with one attached hydrogen (secondary N) is 1. The summed E-state index contributed by atoms with van der Waals surface area (Å²) in [6, 6.07) is 5.94. The molecule has 0 spiro atoms. The van der Waals surface area contributed by atoms with Gasteiger partial charge in [-0.1, -0.05) is 0 Å². The summed E-state index contributed by atoms with van der Waals surface area (Å²) in [6.07, 6.45) is 1.36. The first-order chi connectivity index (χ1) is 12.5. The van der Waals surface area contributed by atoms with Gasteiger partial charge in [-0.25, -0.2) is 14.4 Å². The molecule has 0 radical (unpaired) electrons. The van der Waals surface area contributed by atoms with Crippen LogP contribution in [0.3, 0.4) is 0 Å². The van der Waals surface area contributed by atoms with E-state index in [1.54, 1.807) is 36.5 Å². The van der Waals surface area contributed by atoms with Crippen LogP contribution in [-0.2, 0) is 0 Å². The highest BCUT2D eigenvalue weighted by atomic mass is 32.1. The minimum Gasteiger partial charge on any atom is -0.479 e. The summed E-state index contributed by atoms with van der Waals surface area (Å²) in [5.41, 5.74) is 1.34. The Morgan fingerprint density at radius 2 is 1.96 bits per heavy atom. The zero-order chi connectivity index (χ0) is 18.7. The van der Waals surface area contributed by atoms with Crippen LogP contribution in [0.4, 0.5) is 15.9 Å². The Balaban J connectivity index is 1.87. The molecule has 7 nitrogen and oxygen atoms in total. The third-order valence-electron chi connectivity index (χ3n) is 3.48. The highest BCUT2D eigenvalue weighted by Gasteiger charge is 2.19. The van der Waals surface area contributed by atoms with Crippen molar-refractivity contribution in [3.63, 3.8) is 0 Å². The van der Waals surface area contributed by atoms with E-state index in [0.717, 1.165) is 5.56 Å². The number of aromatic nitrogens is 3. The van der Waals surface area contributed by atoms with Gasteiger partial charge in [-0.3, -0.25) is 4.79 Å². The number of carbonyl (C=O) groups is 1. The first-order valence-corrected chi connectivity index (χ1v) is 8.46. The van der Waals surface area contributed by atoms with Crippen LogP contribution >= 0.6 is 11.3 Å². The Labute approximate surface area is 153 Å². The van der Waals surface area contributed by atoms with Crippen molar-refractivity contribution in [3.8, 4) is 16.5 Å². The third-order valence-corrected chi connectivity index (χ3v) is 4.37. The summed E-state index contributed by atoms with van der Waals surface area (Å²) < 4.78 is 18.3. The van der Waals surface area contributed by atoms with Crippen molar-refractivity contribution in [1.82, 2.24) is 15.0 Å². The summed E-state index contributed by atoms with van der Waals surface area (Å²) in [4.78, 5) is 26.8. The van der Waals surface area contributed by atoms with Crippen LogP contribution in [0.5, 0.6) is 5.88 Å². The van der Waals surface area contributed by atoms with Crippen molar-refractivity contribution < 1.29 is 13.9 Å². The fourth-order valence-corrected chi connectivity index (χ4v) is 3.05. The van der Waals surface area contributed by atoms with Gasteiger partial charge in [0.1, 0.15) is 28.5 Å². The molecule has 0 unspecified atom stereocenters. The highest BCUT2D eigenvalue weighted by molar-refractivity contribution is 7.13. The summed E-state index contributed by atoms with van der Waals surface area (Å²) >= 11 is 1.30. The Kier molecular flexibility index (Phi) is 5.08. The second-order valence-corrected chi connectivity index (χ2v) is 6.33. The molecular formula is C17H16FN5O2S. The summed E-state index contributed by atoms with van der Waals surface area (Å²) in [5, 5.41) is 5.02. The van der Waals surface area contributed by atoms with E-state index in [9.17, 15) is 9.18 Å².